The second-order valence-electron chi connectivity index (χ2n) is 7.34. The molecule has 5 N–H and O–H groups in total. The maximum atomic E-state index is 14.8. The molecule has 0 bridgehead atoms. The van der Waals surface area contributed by atoms with E-state index >= 15 is 0 Å². The second-order valence-corrected chi connectivity index (χ2v) is 7.34. The van der Waals surface area contributed by atoms with Crippen LogP contribution in [0.2, 0.25) is 0 Å². The standard InChI is InChI=1S/C21H23FN4O5/c1-11(20(24)29)19-9-26(21(30)31-19)13-3-4-15(16(22)6-13)12-2-5-18(25-8-12)17(23)7-14(28)10-27/h2-6,8,11,14,19,23,27-28H,7,9-10H2,1H3,(H2,24,29)/t11-,14?,19?/m0/s1. The van der Waals surface area contributed by atoms with Crippen molar-refractivity contribution in [2.45, 2.75) is 25.6 Å². The van der Waals surface area contributed by atoms with Gasteiger partial charge < -0.3 is 26.1 Å². The van der Waals surface area contributed by atoms with Gasteiger partial charge in [-0.05, 0) is 31.2 Å². The lowest BCUT2D eigenvalue weighted by Crippen LogP contribution is -2.34. The molecule has 1 fully saturated rings. The smallest absolute Gasteiger partial charge is 0.414 e. The number of benzene rings is 1. The number of hydrogen-bond donors (Lipinski definition) is 4. The van der Waals surface area contributed by atoms with E-state index in [9.17, 15) is 19.1 Å². The molecule has 0 spiro atoms. The monoisotopic (exact) mass is 430 g/mol. The number of aliphatic hydroxyl groups is 2. The number of nitrogens with zero attached hydrogens (tertiary/aromatic N) is 2. The van der Waals surface area contributed by atoms with Crippen LogP contribution in [-0.4, -0.2) is 58.3 Å². The number of ether oxygens (including phenoxy) is 1. The van der Waals surface area contributed by atoms with Crippen LogP contribution in [0.15, 0.2) is 36.5 Å². The summed E-state index contributed by atoms with van der Waals surface area (Å²) in [5.41, 5.74) is 6.62. The molecule has 1 aromatic heterocycles. The number of cyclic esters (lactones) is 1. The number of aromatic nitrogens is 1. The van der Waals surface area contributed by atoms with Crippen LogP contribution in [0, 0.1) is 17.1 Å². The maximum Gasteiger partial charge on any atom is 0.414 e. The van der Waals surface area contributed by atoms with E-state index in [2.05, 4.69) is 4.98 Å². The van der Waals surface area contributed by atoms with E-state index in [4.69, 9.17) is 21.0 Å². The Morgan fingerprint density at radius 1 is 1.42 bits per heavy atom. The third-order valence-electron chi connectivity index (χ3n) is 5.14. The van der Waals surface area contributed by atoms with E-state index in [1.54, 1.807) is 19.1 Å². The van der Waals surface area contributed by atoms with Crippen molar-refractivity contribution in [1.29, 1.82) is 5.41 Å². The van der Waals surface area contributed by atoms with Crippen molar-refractivity contribution in [2.75, 3.05) is 18.1 Å². The first kappa shape index (κ1) is 22.3. The predicted molar refractivity (Wildman–Crippen MR) is 110 cm³/mol. The summed E-state index contributed by atoms with van der Waals surface area (Å²) in [6.45, 7) is 1.19. The van der Waals surface area contributed by atoms with E-state index in [1.807, 2.05) is 0 Å². The Kier molecular flexibility index (Phi) is 6.62. The Bertz CT molecular complexity index is 998. The van der Waals surface area contributed by atoms with Gasteiger partial charge in [0.05, 0.1) is 42.3 Å². The zero-order valence-electron chi connectivity index (χ0n) is 16.8. The number of primary amides is 1. The highest BCUT2D eigenvalue weighted by atomic mass is 19.1. The van der Waals surface area contributed by atoms with Gasteiger partial charge >= 0.3 is 6.09 Å². The van der Waals surface area contributed by atoms with Crippen LogP contribution in [-0.2, 0) is 9.53 Å². The third-order valence-corrected chi connectivity index (χ3v) is 5.14. The minimum absolute atomic E-state index is 0.0484. The molecule has 3 rings (SSSR count). The van der Waals surface area contributed by atoms with E-state index in [-0.39, 0.29) is 29.9 Å². The molecule has 2 unspecified atom stereocenters. The average Bonchev–Trinajstić information content (AvgIpc) is 3.14. The Hall–Kier alpha value is -3.37. The number of carbonyl (C=O) groups is 2. The van der Waals surface area contributed by atoms with E-state index < -0.39 is 42.6 Å². The zero-order valence-corrected chi connectivity index (χ0v) is 16.8. The van der Waals surface area contributed by atoms with Gasteiger partial charge in [-0.15, -0.1) is 0 Å². The number of carbonyl (C=O) groups excluding carboxylic acids is 2. The molecule has 1 saturated heterocycles. The highest BCUT2D eigenvalue weighted by Crippen LogP contribution is 2.30. The highest BCUT2D eigenvalue weighted by Gasteiger charge is 2.37. The van der Waals surface area contributed by atoms with Gasteiger partial charge in [-0.3, -0.25) is 14.7 Å². The number of halogens is 1. The van der Waals surface area contributed by atoms with Gasteiger partial charge in [-0.2, -0.15) is 0 Å². The van der Waals surface area contributed by atoms with Crippen LogP contribution in [0.5, 0.6) is 0 Å². The van der Waals surface area contributed by atoms with Gasteiger partial charge in [0.25, 0.3) is 0 Å². The van der Waals surface area contributed by atoms with Crippen LogP contribution < -0.4 is 10.6 Å². The molecule has 2 aromatic rings. The SMILES string of the molecule is C[C@H](C(N)=O)C1CN(c2ccc(-c3ccc(C(=N)CC(O)CO)nc3)c(F)c2)C(=O)O1. The summed E-state index contributed by atoms with van der Waals surface area (Å²) in [6, 6.07) is 7.38. The largest absolute Gasteiger partial charge is 0.443 e. The van der Waals surface area contributed by atoms with Crippen LogP contribution in [0.3, 0.4) is 0 Å². The van der Waals surface area contributed by atoms with Crippen molar-refractivity contribution < 1.29 is 28.9 Å². The maximum absolute atomic E-state index is 14.8. The first-order chi connectivity index (χ1) is 14.7. The first-order valence-electron chi connectivity index (χ1n) is 9.61. The molecule has 1 aliphatic heterocycles. The zero-order chi connectivity index (χ0) is 22.7. The normalized spacial score (nSPS) is 17.9. The van der Waals surface area contributed by atoms with Gasteiger partial charge in [0.15, 0.2) is 0 Å². The number of pyridine rings is 1. The van der Waals surface area contributed by atoms with Crippen LogP contribution in [0.1, 0.15) is 19.0 Å². The van der Waals surface area contributed by atoms with Crippen molar-refractivity contribution in [3.63, 3.8) is 0 Å². The molecule has 9 nitrogen and oxygen atoms in total. The average molecular weight is 430 g/mol. The second kappa shape index (κ2) is 9.19. The Morgan fingerprint density at radius 3 is 2.74 bits per heavy atom. The third kappa shape index (κ3) is 4.86. The molecule has 31 heavy (non-hydrogen) atoms. The highest BCUT2D eigenvalue weighted by molar-refractivity contribution is 5.97. The van der Waals surface area contributed by atoms with Crippen molar-refractivity contribution in [1.82, 2.24) is 4.98 Å². The molecule has 0 aliphatic carbocycles. The van der Waals surface area contributed by atoms with E-state index in [1.165, 1.54) is 29.3 Å². The van der Waals surface area contributed by atoms with Crippen LogP contribution in [0.4, 0.5) is 14.9 Å². The molecular formula is C21H23FN4O5. The fourth-order valence-electron chi connectivity index (χ4n) is 3.18. The molecule has 10 heteroatoms. The number of nitrogens with one attached hydrogen (secondary N) is 1. The molecular weight excluding hydrogens is 407 g/mol. The number of anilines is 1. The fourth-order valence-corrected chi connectivity index (χ4v) is 3.18. The summed E-state index contributed by atoms with van der Waals surface area (Å²) in [7, 11) is 0. The van der Waals surface area contributed by atoms with Gasteiger partial charge in [0.1, 0.15) is 11.9 Å². The summed E-state index contributed by atoms with van der Waals surface area (Å²) in [4.78, 5) is 28.8. The summed E-state index contributed by atoms with van der Waals surface area (Å²) in [5, 5.41) is 26.2. The molecule has 1 aliphatic rings. The fraction of sp³-hybridized carbons (Fsp3) is 0.333. The number of rotatable bonds is 8. The lowest BCUT2D eigenvalue weighted by molar-refractivity contribution is -0.123. The molecule has 1 aromatic carbocycles. The summed E-state index contributed by atoms with van der Waals surface area (Å²) in [5.74, 6) is -1.84. The molecule has 3 atom stereocenters. The number of amides is 2. The van der Waals surface area contributed by atoms with Gasteiger partial charge in [-0.25, -0.2) is 9.18 Å². The minimum Gasteiger partial charge on any atom is -0.443 e. The van der Waals surface area contributed by atoms with Crippen LogP contribution in [0.25, 0.3) is 11.1 Å². The lowest BCUT2D eigenvalue weighted by atomic mass is 10.0. The first-order valence-corrected chi connectivity index (χ1v) is 9.61. The molecule has 0 radical (unpaired) electrons. The minimum atomic E-state index is -1.04. The van der Waals surface area contributed by atoms with Crippen molar-refractivity contribution in [3.8, 4) is 11.1 Å². The quantitative estimate of drug-likeness (QED) is 0.466. The molecule has 0 saturated carbocycles. The lowest BCUT2D eigenvalue weighted by Gasteiger charge is -2.16. The molecule has 2 heterocycles. The number of hydrogen-bond acceptors (Lipinski definition) is 7. The molecule has 164 valence electrons. The van der Waals surface area contributed by atoms with Crippen molar-refractivity contribution in [2.24, 2.45) is 11.7 Å². The van der Waals surface area contributed by atoms with Gasteiger partial charge in [0, 0.05) is 23.7 Å². The summed E-state index contributed by atoms with van der Waals surface area (Å²) >= 11 is 0. The predicted octanol–water partition coefficient (Wildman–Crippen LogP) is 1.45. The van der Waals surface area contributed by atoms with Gasteiger partial charge in [0.2, 0.25) is 5.91 Å². The van der Waals surface area contributed by atoms with Gasteiger partial charge in [-0.1, -0.05) is 6.07 Å². The van der Waals surface area contributed by atoms with Crippen molar-refractivity contribution in [3.05, 3.63) is 48.0 Å². The molecule has 2 amide bonds. The van der Waals surface area contributed by atoms with E-state index in [0.717, 1.165) is 0 Å². The number of aliphatic hydroxyl groups excluding tert-OH is 2. The Balaban J connectivity index is 1.76. The van der Waals surface area contributed by atoms with Crippen molar-refractivity contribution >= 4 is 23.4 Å². The Labute approximate surface area is 177 Å². The van der Waals surface area contributed by atoms with Crippen LogP contribution >= 0.6 is 0 Å². The number of nitrogens with two attached hydrogens (primary N) is 1. The Morgan fingerprint density at radius 2 is 2.16 bits per heavy atom. The topological polar surface area (TPSA) is 150 Å². The summed E-state index contributed by atoms with van der Waals surface area (Å²) in [6.07, 6.45) is -1.07. The van der Waals surface area contributed by atoms with E-state index in [0.29, 0.717) is 11.3 Å². The summed E-state index contributed by atoms with van der Waals surface area (Å²) < 4.78 is 20.0.